The van der Waals surface area contributed by atoms with E-state index in [2.05, 4.69) is 68.4 Å². The van der Waals surface area contributed by atoms with Crippen LogP contribution in [0.15, 0.2) is 48.5 Å². The fraction of sp³-hybridized carbons (Fsp3) is 0.592. The van der Waals surface area contributed by atoms with Gasteiger partial charge in [0.1, 0.15) is 29.3 Å². The number of ether oxygens (including phenoxy) is 2. The Balaban J connectivity index is 2.20. The van der Waals surface area contributed by atoms with Crippen molar-refractivity contribution in [3.63, 3.8) is 0 Å². The quantitative estimate of drug-likeness (QED) is 0.0431. The lowest BCUT2D eigenvalue weighted by Crippen LogP contribution is -2.60. The highest BCUT2D eigenvalue weighted by molar-refractivity contribution is 5.96. The van der Waals surface area contributed by atoms with Crippen molar-refractivity contribution in [1.29, 1.82) is 0 Å². The van der Waals surface area contributed by atoms with Gasteiger partial charge in [0.25, 0.3) is 11.8 Å². The van der Waals surface area contributed by atoms with Gasteiger partial charge in [-0.2, -0.15) is 0 Å². The van der Waals surface area contributed by atoms with Crippen molar-refractivity contribution in [2.45, 2.75) is 162 Å². The summed E-state index contributed by atoms with van der Waals surface area (Å²) in [4.78, 5) is 103. The first-order valence-corrected chi connectivity index (χ1v) is 23.5. The van der Waals surface area contributed by atoms with E-state index in [1.54, 1.807) is 67.5 Å². The van der Waals surface area contributed by atoms with Gasteiger partial charge in [0, 0.05) is 31.6 Å². The molecule has 0 saturated carbocycles. The first-order chi connectivity index (χ1) is 31.9. The number of alkyl carbamates (subject to hydrolysis) is 2. The molecule has 2 aromatic rings. The Hall–Kier alpha value is -6.24. The van der Waals surface area contributed by atoms with Gasteiger partial charge < -0.3 is 57.5 Å². The maximum absolute atomic E-state index is 14.0. The predicted octanol–water partition coefficient (Wildman–Crippen LogP) is 4.80. The van der Waals surface area contributed by atoms with Crippen molar-refractivity contribution >= 4 is 47.7 Å². The second-order valence-corrected chi connectivity index (χ2v) is 19.1. The van der Waals surface area contributed by atoms with Crippen molar-refractivity contribution in [1.82, 2.24) is 37.2 Å². The summed E-state index contributed by atoms with van der Waals surface area (Å²) in [5, 5.41) is 27.5. The van der Waals surface area contributed by atoms with Crippen LogP contribution in [0.1, 0.15) is 136 Å². The second kappa shape index (κ2) is 28.8. The van der Waals surface area contributed by atoms with Gasteiger partial charge in [-0.15, -0.1) is 0 Å². The highest BCUT2D eigenvalue weighted by atomic mass is 16.6. The van der Waals surface area contributed by atoms with Crippen LogP contribution in [0, 0.1) is 5.92 Å². The number of rotatable bonds is 27. The summed E-state index contributed by atoms with van der Waals surface area (Å²) < 4.78 is 10.5. The third-order valence-corrected chi connectivity index (χ3v) is 10.0. The third-order valence-electron chi connectivity index (χ3n) is 10.0. The Kier molecular flexibility index (Phi) is 24.5. The SMILES string of the molecule is CCCCc1ccc(-c2ccc(C(=O)NCCC(=O)N[C@@H](CCCCNC(=O)OC(C)(C)C)C(=O)N[C@@H](CCCNC(=O)OC(C)(C)C)C(=O)N[C@@H](N)C(=O)N[C@@H](CC(C)C)C(=O)O)cc2)cc1. The average Bonchev–Trinajstić information content (AvgIpc) is 3.24. The van der Waals surface area contributed by atoms with E-state index in [-0.39, 0.29) is 57.7 Å². The largest absolute Gasteiger partial charge is 0.480 e. The van der Waals surface area contributed by atoms with Crippen molar-refractivity contribution < 1.29 is 52.9 Å². The number of aryl methyl sites for hydroxylation is 1. The van der Waals surface area contributed by atoms with Crippen LogP contribution in [0.3, 0.4) is 0 Å². The molecule has 19 nitrogen and oxygen atoms in total. The number of carboxylic acids is 1. The Morgan fingerprint density at radius 1 is 0.603 bits per heavy atom. The van der Waals surface area contributed by atoms with E-state index < -0.39 is 83.2 Å². The standard InChI is InChI=1S/C49H76N8O11/c1-10-11-15-32-18-20-33(21-19-32)34-22-24-35(25-23-34)41(59)51-29-26-39(58)54-36(16-12-13-27-52-46(65)67-48(4,5)6)42(60)55-37(17-14-28-53-47(66)68-49(7,8)9)43(61)57-40(50)44(62)56-38(45(63)64)30-31(2)3/h18-25,31,36-38,40H,10-17,26-30,50H2,1-9H3,(H,51,59)(H,52,65)(H,53,66)(H,54,58)(H,55,60)(H,56,62)(H,57,61)(H,63,64)/t36-,37-,38-,40+/m0/s1. The maximum Gasteiger partial charge on any atom is 0.407 e. The van der Waals surface area contributed by atoms with E-state index in [0.717, 1.165) is 30.4 Å². The second-order valence-electron chi connectivity index (χ2n) is 19.1. The number of carbonyl (C=O) groups excluding carboxylic acids is 7. The van der Waals surface area contributed by atoms with Crippen LogP contribution in [0.25, 0.3) is 11.1 Å². The van der Waals surface area contributed by atoms with Gasteiger partial charge in [-0.05, 0) is 128 Å². The van der Waals surface area contributed by atoms with E-state index in [1.807, 2.05) is 12.1 Å². The van der Waals surface area contributed by atoms with E-state index in [0.29, 0.717) is 18.4 Å². The van der Waals surface area contributed by atoms with E-state index in [9.17, 15) is 43.5 Å². The normalized spacial score (nSPS) is 13.2. The lowest BCUT2D eigenvalue weighted by Gasteiger charge is -2.25. The number of hydrogen-bond donors (Lipinski definition) is 9. The summed E-state index contributed by atoms with van der Waals surface area (Å²) in [5.74, 6) is -4.97. The number of hydrogen-bond acceptors (Lipinski definition) is 11. The molecule has 0 aliphatic carbocycles. The molecule has 2 aromatic carbocycles. The van der Waals surface area contributed by atoms with E-state index in [4.69, 9.17) is 15.2 Å². The third kappa shape index (κ3) is 24.0. The van der Waals surface area contributed by atoms with Gasteiger partial charge in [-0.1, -0.05) is 63.6 Å². The van der Waals surface area contributed by atoms with Gasteiger partial charge in [0.15, 0.2) is 6.17 Å². The first-order valence-electron chi connectivity index (χ1n) is 23.5. The number of aliphatic carboxylic acids is 1. The molecule has 10 N–H and O–H groups in total. The number of carboxylic acid groups (broad SMARTS) is 1. The van der Waals surface area contributed by atoms with Crippen LogP contribution in [0.4, 0.5) is 9.59 Å². The zero-order valence-electron chi connectivity index (χ0n) is 41.3. The van der Waals surface area contributed by atoms with Crippen molar-refractivity contribution in [3.05, 3.63) is 59.7 Å². The van der Waals surface area contributed by atoms with Crippen LogP contribution in [0.2, 0.25) is 0 Å². The minimum atomic E-state index is -1.70. The topological polar surface area (TPSA) is 285 Å². The summed E-state index contributed by atoms with van der Waals surface area (Å²) >= 11 is 0. The molecule has 0 radical (unpaired) electrons. The van der Waals surface area contributed by atoms with Gasteiger partial charge in [0.05, 0.1) is 0 Å². The molecule has 0 fully saturated rings. The Bertz CT molecular complexity index is 1960. The highest BCUT2D eigenvalue weighted by Crippen LogP contribution is 2.21. The molecule has 0 aliphatic rings. The molecular formula is C49H76N8O11. The molecule has 0 aromatic heterocycles. The summed E-state index contributed by atoms with van der Waals surface area (Å²) in [6, 6.07) is 11.6. The van der Waals surface area contributed by atoms with Gasteiger partial charge in [0.2, 0.25) is 17.7 Å². The summed E-state index contributed by atoms with van der Waals surface area (Å²) in [6.45, 7) is 16.2. The number of unbranched alkanes of at least 4 members (excludes halogenated alkanes) is 2. The molecule has 378 valence electrons. The van der Waals surface area contributed by atoms with E-state index >= 15 is 0 Å². The molecule has 0 heterocycles. The number of nitrogens with one attached hydrogen (secondary N) is 7. The zero-order valence-corrected chi connectivity index (χ0v) is 41.3. The molecule has 2 rings (SSSR count). The van der Waals surface area contributed by atoms with Crippen LogP contribution >= 0.6 is 0 Å². The van der Waals surface area contributed by atoms with Gasteiger partial charge in [-0.25, -0.2) is 14.4 Å². The Morgan fingerprint density at radius 3 is 1.63 bits per heavy atom. The minimum Gasteiger partial charge on any atom is -0.480 e. The lowest BCUT2D eigenvalue weighted by molar-refractivity contribution is -0.142. The van der Waals surface area contributed by atoms with Crippen molar-refractivity contribution in [3.8, 4) is 11.1 Å². The molecule has 4 atom stereocenters. The van der Waals surface area contributed by atoms with Gasteiger partial charge in [-0.3, -0.25) is 24.0 Å². The van der Waals surface area contributed by atoms with Crippen LogP contribution < -0.4 is 43.0 Å². The van der Waals surface area contributed by atoms with Crippen molar-refractivity contribution in [2.75, 3.05) is 19.6 Å². The number of amides is 7. The number of nitrogens with two attached hydrogens (primary N) is 1. The minimum absolute atomic E-state index is 0.0320. The number of benzene rings is 2. The van der Waals surface area contributed by atoms with Crippen LogP contribution in [-0.2, 0) is 39.9 Å². The lowest BCUT2D eigenvalue weighted by atomic mass is 10.0. The molecule has 0 bridgehead atoms. The van der Waals surface area contributed by atoms with Crippen LogP contribution in [-0.4, -0.2) is 108 Å². The molecular weight excluding hydrogens is 877 g/mol. The number of carbonyl (C=O) groups is 8. The maximum atomic E-state index is 14.0. The smallest absolute Gasteiger partial charge is 0.407 e. The summed E-state index contributed by atoms with van der Waals surface area (Å²) in [7, 11) is 0. The molecule has 0 saturated heterocycles. The molecule has 68 heavy (non-hydrogen) atoms. The summed E-state index contributed by atoms with van der Waals surface area (Å²) in [6.07, 6.45) is 0.974. The first kappa shape index (κ1) is 57.9. The Morgan fingerprint density at radius 2 is 1.10 bits per heavy atom. The highest BCUT2D eigenvalue weighted by Gasteiger charge is 2.30. The average molecular weight is 953 g/mol. The summed E-state index contributed by atoms with van der Waals surface area (Å²) in [5.41, 5.74) is 8.15. The van der Waals surface area contributed by atoms with Crippen molar-refractivity contribution in [2.24, 2.45) is 11.7 Å². The zero-order chi connectivity index (χ0) is 51.0. The molecule has 0 unspecified atom stereocenters. The Labute approximate surface area is 400 Å². The van der Waals surface area contributed by atoms with Gasteiger partial charge >= 0.3 is 18.2 Å². The molecule has 7 amide bonds. The fourth-order valence-electron chi connectivity index (χ4n) is 6.59. The predicted molar refractivity (Wildman–Crippen MR) is 258 cm³/mol. The molecule has 0 aliphatic heterocycles. The molecule has 0 spiro atoms. The molecule has 19 heteroatoms. The van der Waals surface area contributed by atoms with E-state index in [1.165, 1.54) is 5.56 Å². The fourth-order valence-corrected chi connectivity index (χ4v) is 6.59. The monoisotopic (exact) mass is 953 g/mol. The van der Waals surface area contributed by atoms with Crippen LogP contribution in [0.5, 0.6) is 0 Å².